The second kappa shape index (κ2) is 6.85. The van der Waals surface area contributed by atoms with Crippen molar-refractivity contribution in [1.82, 2.24) is 14.9 Å². The van der Waals surface area contributed by atoms with Gasteiger partial charge >= 0.3 is 0 Å². The zero-order valence-electron chi connectivity index (χ0n) is 12.5. The molecule has 0 unspecified atom stereocenters. The molecule has 1 aromatic rings. The zero-order chi connectivity index (χ0) is 14.5. The molecule has 0 amide bonds. The molecule has 0 aliphatic carbocycles. The Morgan fingerprint density at radius 1 is 1.15 bits per heavy atom. The first-order valence-electron chi connectivity index (χ1n) is 7.19. The lowest BCUT2D eigenvalue weighted by atomic mass is 10.2. The normalized spacial score (nSPS) is 18.4. The summed E-state index contributed by atoms with van der Waals surface area (Å²) in [6.45, 7) is 10.1. The van der Waals surface area contributed by atoms with E-state index in [2.05, 4.69) is 19.8 Å². The topological polar surface area (TPSA) is 61.7 Å². The Bertz CT molecular complexity index is 417. The lowest BCUT2D eigenvalue weighted by Crippen LogP contribution is -2.48. The summed E-state index contributed by atoms with van der Waals surface area (Å²) in [5.41, 5.74) is 0. The first-order chi connectivity index (χ1) is 9.56. The predicted molar refractivity (Wildman–Crippen MR) is 78.1 cm³/mol. The van der Waals surface area contributed by atoms with Crippen molar-refractivity contribution >= 4 is 5.82 Å². The van der Waals surface area contributed by atoms with Gasteiger partial charge in [0, 0.05) is 45.1 Å². The minimum absolute atomic E-state index is 0.0852. The molecule has 1 N–H and O–H groups in total. The average molecular weight is 280 g/mol. The van der Waals surface area contributed by atoms with Gasteiger partial charge in [0.2, 0.25) is 0 Å². The highest BCUT2D eigenvalue weighted by Gasteiger charge is 2.22. The third-order valence-corrected chi connectivity index (χ3v) is 3.19. The molecule has 20 heavy (non-hydrogen) atoms. The minimum Gasteiger partial charge on any atom is -0.472 e. The second-order valence-electron chi connectivity index (χ2n) is 5.49. The average Bonchev–Trinajstić information content (AvgIpc) is 2.39. The second-order valence-corrected chi connectivity index (χ2v) is 5.49. The highest BCUT2D eigenvalue weighted by molar-refractivity contribution is 5.48. The van der Waals surface area contributed by atoms with E-state index >= 15 is 0 Å². The molecule has 0 saturated carbocycles. The summed E-state index contributed by atoms with van der Waals surface area (Å²) in [6, 6.07) is 0. The van der Waals surface area contributed by atoms with Gasteiger partial charge in [-0.2, -0.15) is 0 Å². The van der Waals surface area contributed by atoms with Crippen LogP contribution in [0.1, 0.15) is 20.8 Å². The molecule has 2 heterocycles. The summed E-state index contributed by atoms with van der Waals surface area (Å²) < 4.78 is 5.72. The highest BCUT2D eigenvalue weighted by atomic mass is 16.5. The summed E-state index contributed by atoms with van der Waals surface area (Å²) >= 11 is 0. The van der Waals surface area contributed by atoms with Gasteiger partial charge in [0.05, 0.1) is 12.2 Å². The number of aliphatic hydroxyl groups is 1. The van der Waals surface area contributed by atoms with Crippen LogP contribution in [0.4, 0.5) is 5.82 Å². The largest absolute Gasteiger partial charge is 0.472 e. The van der Waals surface area contributed by atoms with E-state index in [9.17, 15) is 5.11 Å². The third-order valence-electron chi connectivity index (χ3n) is 3.19. The Labute approximate surface area is 120 Å². The van der Waals surface area contributed by atoms with E-state index in [0.29, 0.717) is 5.88 Å². The summed E-state index contributed by atoms with van der Waals surface area (Å²) in [7, 11) is 0. The van der Waals surface area contributed by atoms with Crippen LogP contribution < -0.4 is 9.64 Å². The number of ether oxygens (including phenoxy) is 1. The Hall–Kier alpha value is -1.40. The molecule has 1 aliphatic heterocycles. The van der Waals surface area contributed by atoms with E-state index in [0.717, 1.165) is 38.5 Å². The van der Waals surface area contributed by atoms with Gasteiger partial charge in [0.15, 0.2) is 5.82 Å². The van der Waals surface area contributed by atoms with Crippen molar-refractivity contribution in [2.75, 3.05) is 37.6 Å². The fourth-order valence-electron chi connectivity index (χ4n) is 2.36. The van der Waals surface area contributed by atoms with E-state index in [1.165, 1.54) is 0 Å². The van der Waals surface area contributed by atoms with Gasteiger partial charge in [-0.15, -0.1) is 0 Å². The molecule has 0 spiro atoms. The number of hydrogen-bond acceptors (Lipinski definition) is 6. The highest BCUT2D eigenvalue weighted by Crippen LogP contribution is 2.24. The Kier molecular flexibility index (Phi) is 5.14. The van der Waals surface area contributed by atoms with Gasteiger partial charge in [-0.05, 0) is 20.8 Å². The van der Waals surface area contributed by atoms with Crippen LogP contribution in [0.2, 0.25) is 0 Å². The lowest BCUT2D eigenvalue weighted by molar-refractivity contribution is 0.122. The number of aliphatic hydroxyl groups excluding tert-OH is 1. The summed E-state index contributed by atoms with van der Waals surface area (Å²) in [5, 5.41) is 9.43. The number of β-amino-alcohol motifs (C(OH)–C–C–N with tert-alkyl or cyclic N) is 1. The standard InChI is InChI=1S/C14H24N4O2/c1-11(2)20-14-13(15-4-5-16-14)18-8-6-17(7-9-18)10-12(3)19/h4-5,11-12,19H,6-10H2,1-3H3/t12-/m1/s1. The van der Waals surface area contributed by atoms with Crippen molar-refractivity contribution in [2.45, 2.75) is 33.0 Å². The van der Waals surface area contributed by atoms with Crippen LogP contribution in [0.3, 0.4) is 0 Å². The van der Waals surface area contributed by atoms with Crippen molar-refractivity contribution < 1.29 is 9.84 Å². The van der Waals surface area contributed by atoms with E-state index in [4.69, 9.17) is 4.74 Å². The lowest BCUT2D eigenvalue weighted by Gasteiger charge is -2.36. The van der Waals surface area contributed by atoms with Crippen LogP contribution in [-0.4, -0.2) is 64.9 Å². The molecule has 6 heteroatoms. The molecule has 1 fully saturated rings. The molecular weight excluding hydrogens is 256 g/mol. The third kappa shape index (κ3) is 4.05. The number of rotatable bonds is 5. The molecule has 1 aliphatic rings. The number of anilines is 1. The number of aromatic nitrogens is 2. The maximum Gasteiger partial charge on any atom is 0.257 e. The van der Waals surface area contributed by atoms with Crippen molar-refractivity contribution in [3.63, 3.8) is 0 Å². The molecule has 0 bridgehead atoms. The van der Waals surface area contributed by atoms with Gasteiger partial charge in [-0.3, -0.25) is 4.90 Å². The fourth-order valence-corrected chi connectivity index (χ4v) is 2.36. The Balaban J connectivity index is 1.99. The number of piperazine rings is 1. The maximum absolute atomic E-state index is 9.43. The Morgan fingerprint density at radius 3 is 2.40 bits per heavy atom. The molecule has 0 radical (unpaired) electrons. The van der Waals surface area contributed by atoms with Gasteiger partial charge in [-0.25, -0.2) is 9.97 Å². The molecule has 2 rings (SSSR count). The minimum atomic E-state index is -0.280. The quantitative estimate of drug-likeness (QED) is 0.859. The van der Waals surface area contributed by atoms with Crippen LogP contribution >= 0.6 is 0 Å². The number of hydrogen-bond donors (Lipinski definition) is 1. The molecule has 112 valence electrons. The fraction of sp³-hybridized carbons (Fsp3) is 0.714. The summed E-state index contributed by atoms with van der Waals surface area (Å²) in [6.07, 6.45) is 3.16. The van der Waals surface area contributed by atoms with Crippen LogP contribution in [0.15, 0.2) is 12.4 Å². The SMILES string of the molecule is CC(C)Oc1nccnc1N1CCN(C[C@@H](C)O)CC1. The smallest absolute Gasteiger partial charge is 0.257 e. The molecule has 1 atom stereocenters. The van der Waals surface area contributed by atoms with E-state index in [1.807, 2.05) is 20.8 Å². The number of nitrogens with zero attached hydrogens (tertiary/aromatic N) is 4. The monoisotopic (exact) mass is 280 g/mol. The van der Waals surface area contributed by atoms with Crippen LogP contribution in [0, 0.1) is 0 Å². The summed E-state index contributed by atoms with van der Waals surface area (Å²) in [4.78, 5) is 13.2. The van der Waals surface area contributed by atoms with Crippen molar-refractivity contribution in [3.05, 3.63) is 12.4 Å². The van der Waals surface area contributed by atoms with Crippen LogP contribution in [-0.2, 0) is 0 Å². The van der Waals surface area contributed by atoms with E-state index in [1.54, 1.807) is 12.4 Å². The zero-order valence-corrected chi connectivity index (χ0v) is 12.5. The van der Waals surface area contributed by atoms with Crippen molar-refractivity contribution in [3.8, 4) is 5.88 Å². The Morgan fingerprint density at radius 2 is 1.80 bits per heavy atom. The molecule has 0 aromatic carbocycles. The molecule has 1 aromatic heterocycles. The summed E-state index contributed by atoms with van der Waals surface area (Å²) in [5.74, 6) is 1.42. The maximum atomic E-state index is 9.43. The van der Waals surface area contributed by atoms with Gasteiger partial charge in [0.1, 0.15) is 0 Å². The van der Waals surface area contributed by atoms with E-state index in [-0.39, 0.29) is 12.2 Å². The molecule has 6 nitrogen and oxygen atoms in total. The van der Waals surface area contributed by atoms with Crippen molar-refractivity contribution in [2.24, 2.45) is 0 Å². The first kappa shape index (κ1) is 15.0. The molecule has 1 saturated heterocycles. The first-order valence-corrected chi connectivity index (χ1v) is 7.19. The van der Waals surface area contributed by atoms with E-state index < -0.39 is 0 Å². The van der Waals surface area contributed by atoms with Crippen molar-refractivity contribution in [1.29, 1.82) is 0 Å². The van der Waals surface area contributed by atoms with Crippen LogP contribution in [0.5, 0.6) is 5.88 Å². The predicted octanol–water partition coefficient (Wildman–Crippen LogP) is 0.767. The van der Waals surface area contributed by atoms with Gasteiger partial charge in [0.25, 0.3) is 5.88 Å². The van der Waals surface area contributed by atoms with Gasteiger partial charge in [-0.1, -0.05) is 0 Å². The van der Waals surface area contributed by atoms with Crippen LogP contribution in [0.25, 0.3) is 0 Å². The molecular formula is C14H24N4O2. The van der Waals surface area contributed by atoms with Gasteiger partial charge < -0.3 is 14.7 Å².